The first-order valence-electron chi connectivity index (χ1n) is 5.41. The lowest BCUT2D eigenvalue weighted by atomic mass is 10.2. The highest BCUT2D eigenvalue weighted by atomic mass is 35.5. The standard InChI is InChI=1S/C13H12Cl2N2S/c1-8(16)10-3-2-6-17-13(10)18-9-4-5-11(14)12(15)7-9/h2-8H,16H2,1H3/t8-/m1/s1. The second kappa shape index (κ2) is 5.93. The van der Waals surface area contributed by atoms with Crippen LogP contribution in [0.5, 0.6) is 0 Å². The SMILES string of the molecule is C[C@@H](N)c1cccnc1Sc1ccc(Cl)c(Cl)c1. The molecular weight excluding hydrogens is 287 g/mol. The summed E-state index contributed by atoms with van der Waals surface area (Å²) in [6.07, 6.45) is 1.76. The molecule has 2 nitrogen and oxygen atoms in total. The summed E-state index contributed by atoms with van der Waals surface area (Å²) in [4.78, 5) is 5.34. The summed E-state index contributed by atoms with van der Waals surface area (Å²) in [6.45, 7) is 1.94. The molecule has 2 aromatic rings. The van der Waals surface area contributed by atoms with Crippen molar-refractivity contribution in [3.63, 3.8) is 0 Å². The quantitative estimate of drug-likeness (QED) is 0.903. The lowest BCUT2D eigenvalue weighted by molar-refractivity contribution is 0.779. The van der Waals surface area contributed by atoms with Crippen molar-refractivity contribution in [3.8, 4) is 0 Å². The molecular formula is C13H12Cl2N2S. The maximum absolute atomic E-state index is 5.99. The third-order valence-electron chi connectivity index (χ3n) is 2.40. The minimum absolute atomic E-state index is 0.0519. The molecule has 0 saturated heterocycles. The highest BCUT2D eigenvalue weighted by Crippen LogP contribution is 2.34. The van der Waals surface area contributed by atoms with Gasteiger partial charge in [0.25, 0.3) is 0 Å². The number of pyridine rings is 1. The molecule has 0 saturated carbocycles. The first-order chi connectivity index (χ1) is 8.58. The Morgan fingerprint density at radius 2 is 2.00 bits per heavy atom. The molecule has 0 aliphatic rings. The number of nitrogens with zero attached hydrogens (tertiary/aromatic N) is 1. The van der Waals surface area contributed by atoms with Crippen molar-refractivity contribution in [3.05, 3.63) is 52.1 Å². The minimum atomic E-state index is -0.0519. The Labute approximate surface area is 121 Å². The molecule has 1 atom stereocenters. The summed E-state index contributed by atoms with van der Waals surface area (Å²) in [7, 11) is 0. The van der Waals surface area contributed by atoms with E-state index in [0.29, 0.717) is 10.0 Å². The molecule has 18 heavy (non-hydrogen) atoms. The van der Waals surface area contributed by atoms with Crippen molar-refractivity contribution in [2.45, 2.75) is 22.9 Å². The number of hydrogen-bond donors (Lipinski definition) is 1. The monoisotopic (exact) mass is 298 g/mol. The molecule has 0 aliphatic heterocycles. The first kappa shape index (κ1) is 13.7. The van der Waals surface area contributed by atoms with Gasteiger partial charge in [-0.3, -0.25) is 0 Å². The van der Waals surface area contributed by atoms with Crippen LogP contribution >= 0.6 is 35.0 Å². The van der Waals surface area contributed by atoms with Gasteiger partial charge in [0.2, 0.25) is 0 Å². The molecule has 0 bridgehead atoms. The fraction of sp³-hybridized carbons (Fsp3) is 0.154. The second-order valence-corrected chi connectivity index (χ2v) is 5.74. The molecule has 0 fully saturated rings. The van der Waals surface area contributed by atoms with Crippen LogP contribution in [0.4, 0.5) is 0 Å². The molecule has 1 aromatic heterocycles. The van der Waals surface area contributed by atoms with E-state index in [4.69, 9.17) is 28.9 Å². The maximum Gasteiger partial charge on any atom is 0.105 e. The van der Waals surface area contributed by atoms with E-state index in [-0.39, 0.29) is 6.04 Å². The van der Waals surface area contributed by atoms with Crippen molar-refractivity contribution in [2.24, 2.45) is 5.73 Å². The zero-order chi connectivity index (χ0) is 13.1. The van der Waals surface area contributed by atoms with Gasteiger partial charge in [-0.15, -0.1) is 0 Å². The van der Waals surface area contributed by atoms with Crippen molar-refractivity contribution in [1.82, 2.24) is 4.98 Å². The Balaban J connectivity index is 2.31. The Hall–Kier alpha value is -0.740. The summed E-state index contributed by atoms with van der Waals surface area (Å²) >= 11 is 13.4. The van der Waals surface area contributed by atoms with E-state index in [0.717, 1.165) is 15.5 Å². The van der Waals surface area contributed by atoms with Crippen LogP contribution in [0.1, 0.15) is 18.5 Å². The summed E-state index contributed by atoms with van der Waals surface area (Å²) < 4.78 is 0. The Morgan fingerprint density at radius 3 is 2.67 bits per heavy atom. The number of rotatable bonds is 3. The van der Waals surface area contributed by atoms with Crippen molar-refractivity contribution in [2.75, 3.05) is 0 Å². The van der Waals surface area contributed by atoms with Gasteiger partial charge >= 0.3 is 0 Å². The van der Waals surface area contributed by atoms with Gasteiger partial charge in [0, 0.05) is 22.7 Å². The lowest BCUT2D eigenvalue weighted by Gasteiger charge is -2.11. The highest BCUT2D eigenvalue weighted by Gasteiger charge is 2.09. The van der Waals surface area contributed by atoms with Crippen LogP contribution in [0, 0.1) is 0 Å². The van der Waals surface area contributed by atoms with E-state index in [1.807, 2.05) is 31.2 Å². The van der Waals surface area contributed by atoms with Gasteiger partial charge in [0.1, 0.15) is 5.03 Å². The molecule has 0 spiro atoms. The van der Waals surface area contributed by atoms with Crippen LogP contribution in [-0.4, -0.2) is 4.98 Å². The smallest absolute Gasteiger partial charge is 0.105 e. The summed E-state index contributed by atoms with van der Waals surface area (Å²) in [6, 6.07) is 9.34. The molecule has 5 heteroatoms. The van der Waals surface area contributed by atoms with E-state index in [1.54, 1.807) is 12.3 Å². The molecule has 2 rings (SSSR count). The number of hydrogen-bond acceptors (Lipinski definition) is 3. The Kier molecular flexibility index (Phi) is 4.51. The Morgan fingerprint density at radius 1 is 1.22 bits per heavy atom. The van der Waals surface area contributed by atoms with Gasteiger partial charge in [-0.25, -0.2) is 4.98 Å². The number of halogens is 2. The predicted octanol–water partition coefficient (Wildman–Crippen LogP) is 4.56. The van der Waals surface area contributed by atoms with Gasteiger partial charge in [-0.1, -0.05) is 41.0 Å². The third kappa shape index (κ3) is 3.18. The molecule has 0 aliphatic carbocycles. The van der Waals surface area contributed by atoms with Crippen molar-refractivity contribution < 1.29 is 0 Å². The van der Waals surface area contributed by atoms with Gasteiger partial charge < -0.3 is 5.73 Å². The van der Waals surface area contributed by atoms with Crippen LogP contribution < -0.4 is 5.73 Å². The summed E-state index contributed by atoms with van der Waals surface area (Å²) in [5.41, 5.74) is 6.94. The maximum atomic E-state index is 5.99. The Bertz CT molecular complexity index is 558. The third-order valence-corrected chi connectivity index (χ3v) is 4.16. The van der Waals surface area contributed by atoms with E-state index in [2.05, 4.69) is 4.98 Å². The van der Waals surface area contributed by atoms with E-state index >= 15 is 0 Å². The minimum Gasteiger partial charge on any atom is -0.324 e. The topological polar surface area (TPSA) is 38.9 Å². The number of aromatic nitrogens is 1. The van der Waals surface area contributed by atoms with Crippen molar-refractivity contribution >= 4 is 35.0 Å². The fourth-order valence-electron chi connectivity index (χ4n) is 1.49. The van der Waals surface area contributed by atoms with E-state index in [9.17, 15) is 0 Å². The molecule has 2 N–H and O–H groups in total. The van der Waals surface area contributed by atoms with Crippen LogP contribution in [0.2, 0.25) is 10.0 Å². The molecule has 1 heterocycles. The zero-order valence-corrected chi connectivity index (χ0v) is 12.1. The average Bonchev–Trinajstić information content (AvgIpc) is 2.34. The fourth-order valence-corrected chi connectivity index (χ4v) is 2.87. The normalized spacial score (nSPS) is 12.4. The van der Waals surface area contributed by atoms with Gasteiger partial charge in [0.15, 0.2) is 0 Å². The van der Waals surface area contributed by atoms with E-state index in [1.165, 1.54) is 11.8 Å². The van der Waals surface area contributed by atoms with E-state index < -0.39 is 0 Å². The summed E-state index contributed by atoms with van der Waals surface area (Å²) in [5, 5.41) is 1.99. The molecule has 0 radical (unpaired) electrons. The summed E-state index contributed by atoms with van der Waals surface area (Å²) in [5.74, 6) is 0. The number of benzene rings is 1. The largest absolute Gasteiger partial charge is 0.324 e. The van der Waals surface area contributed by atoms with Crippen LogP contribution in [-0.2, 0) is 0 Å². The zero-order valence-electron chi connectivity index (χ0n) is 9.73. The number of nitrogens with two attached hydrogens (primary N) is 1. The van der Waals surface area contributed by atoms with Crippen LogP contribution in [0.15, 0.2) is 46.5 Å². The van der Waals surface area contributed by atoms with Crippen LogP contribution in [0.3, 0.4) is 0 Å². The predicted molar refractivity (Wildman–Crippen MR) is 77.4 cm³/mol. The lowest BCUT2D eigenvalue weighted by Crippen LogP contribution is -2.07. The molecule has 94 valence electrons. The van der Waals surface area contributed by atoms with Gasteiger partial charge in [-0.2, -0.15) is 0 Å². The second-order valence-electron chi connectivity index (χ2n) is 3.86. The highest BCUT2D eigenvalue weighted by molar-refractivity contribution is 7.99. The molecule has 1 aromatic carbocycles. The first-order valence-corrected chi connectivity index (χ1v) is 6.98. The van der Waals surface area contributed by atoms with Gasteiger partial charge in [0.05, 0.1) is 10.0 Å². The van der Waals surface area contributed by atoms with Crippen molar-refractivity contribution in [1.29, 1.82) is 0 Å². The average molecular weight is 299 g/mol. The van der Waals surface area contributed by atoms with Crippen LogP contribution in [0.25, 0.3) is 0 Å². The molecule has 0 unspecified atom stereocenters. The molecule has 0 amide bonds. The van der Waals surface area contributed by atoms with Gasteiger partial charge in [-0.05, 0) is 31.2 Å².